The molecule has 1 saturated carbocycles. The van der Waals surface area contributed by atoms with Gasteiger partial charge < -0.3 is 29.7 Å². The van der Waals surface area contributed by atoms with Crippen LogP contribution in [0, 0.1) is 0 Å². The fraction of sp³-hybridized carbons (Fsp3) is 0.500. The quantitative estimate of drug-likeness (QED) is 0.566. The van der Waals surface area contributed by atoms with E-state index in [1.54, 1.807) is 25.3 Å². The zero-order valence-electron chi connectivity index (χ0n) is 21.8. The number of hydrogen-bond donors (Lipinski definition) is 1. The summed E-state index contributed by atoms with van der Waals surface area (Å²) in [6.45, 7) is 5.04. The largest absolute Gasteiger partial charge is 0.573 e. The zero-order chi connectivity index (χ0) is 27.0. The summed E-state index contributed by atoms with van der Waals surface area (Å²) < 4.78 is 44.0. The first-order valence-electron chi connectivity index (χ1n) is 12.9. The molecule has 0 atom stereocenters. The molecule has 2 fully saturated rings. The Hall–Kier alpha value is -3.54. The number of ether oxygens (including phenoxy) is 1. The molecule has 0 bridgehead atoms. The van der Waals surface area contributed by atoms with Gasteiger partial charge in [0.25, 0.3) is 5.91 Å². The number of carbonyl (C=O) groups is 1. The maximum absolute atomic E-state index is 13.2. The number of nitrogens with one attached hydrogen (secondary N) is 1. The van der Waals surface area contributed by atoms with Crippen LogP contribution in [0.4, 0.5) is 42.0 Å². The van der Waals surface area contributed by atoms with Crippen molar-refractivity contribution in [1.82, 2.24) is 14.9 Å². The number of allylic oxidation sites excluding steroid dienone is 1. The lowest BCUT2D eigenvalue weighted by Crippen LogP contribution is -2.46. The van der Waals surface area contributed by atoms with Crippen molar-refractivity contribution in [2.75, 3.05) is 60.3 Å². The maximum Gasteiger partial charge on any atom is 0.573 e. The van der Waals surface area contributed by atoms with Crippen LogP contribution >= 0.6 is 0 Å². The van der Waals surface area contributed by atoms with Crippen molar-refractivity contribution in [2.45, 2.75) is 45.0 Å². The van der Waals surface area contributed by atoms with Gasteiger partial charge in [-0.05, 0) is 45.0 Å². The first-order valence-corrected chi connectivity index (χ1v) is 12.9. The Morgan fingerprint density at radius 1 is 1.11 bits per heavy atom. The second-order valence-electron chi connectivity index (χ2n) is 9.89. The molecule has 1 saturated heterocycles. The number of anilines is 5. The molecule has 1 aromatic heterocycles. The minimum absolute atomic E-state index is 0.109. The van der Waals surface area contributed by atoms with Gasteiger partial charge in [0.2, 0.25) is 5.95 Å². The minimum atomic E-state index is -4.86. The molecule has 38 heavy (non-hydrogen) atoms. The average Bonchev–Trinajstić information content (AvgIpc) is 3.41. The number of likely N-dealkylation sites (N-methyl/N-ethyl adjacent to an activating group) is 2. The second kappa shape index (κ2) is 10.3. The second-order valence-corrected chi connectivity index (χ2v) is 9.89. The van der Waals surface area contributed by atoms with E-state index in [2.05, 4.69) is 24.8 Å². The Labute approximate surface area is 219 Å². The van der Waals surface area contributed by atoms with E-state index in [9.17, 15) is 18.0 Å². The van der Waals surface area contributed by atoms with Crippen molar-refractivity contribution < 1.29 is 22.7 Å². The van der Waals surface area contributed by atoms with Crippen molar-refractivity contribution in [3.8, 4) is 5.75 Å². The zero-order valence-corrected chi connectivity index (χ0v) is 21.8. The molecular weight excluding hydrogens is 499 g/mol. The molecule has 1 N–H and O–H groups in total. The van der Waals surface area contributed by atoms with Gasteiger partial charge >= 0.3 is 6.36 Å². The number of carbonyl (C=O) groups excluding carboxylic acids is 1. The van der Waals surface area contributed by atoms with Gasteiger partial charge in [-0.15, -0.1) is 13.2 Å². The van der Waals surface area contributed by atoms with Gasteiger partial charge in [0, 0.05) is 45.0 Å². The van der Waals surface area contributed by atoms with Crippen LogP contribution in [0.2, 0.25) is 0 Å². The normalized spacial score (nSPS) is 20.3. The molecular formula is C26H32F3N7O2. The molecule has 0 spiro atoms. The smallest absolute Gasteiger partial charge is 0.404 e. The Balaban J connectivity index is 1.52. The molecule has 2 aromatic rings. The van der Waals surface area contributed by atoms with Gasteiger partial charge in [-0.3, -0.25) is 4.79 Å². The number of halogens is 3. The van der Waals surface area contributed by atoms with Gasteiger partial charge in [0.15, 0.2) is 11.6 Å². The van der Waals surface area contributed by atoms with Crippen LogP contribution in [0.15, 0.2) is 36.2 Å². The van der Waals surface area contributed by atoms with Crippen molar-refractivity contribution in [2.24, 2.45) is 0 Å². The third-order valence-electron chi connectivity index (χ3n) is 7.39. The highest BCUT2D eigenvalue weighted by Gasteiger charge is 2.38. The van der Waals surface area contributed by atoms with Crippen LogP contribution in [0.5, 0.6) is 5.75 Å². The highest BCUT2D eigenvalue weighted by Crippen LogP contribution is 2.41. The summed E-state index contributed by atoms with van der Waals surface area (Å²) in [5.74, 6) is 0.161. The number of alkyl halides is 3. The minimum Gasteiger partial charge on any atom is -0.404 e. The molecule has 1 amide bonds. The van der Waals surface area contributed by atoms with Gasteiger partial charge in [-0.1, -0.05) is 18.9 Å². The molecule has 12 heteroatoms. The monoisotopic (exact) mass is 531 g/mol. The molecule has 3 heterocycles. The summed E-state index contributed by atoms with van der Waals surface area (Å²) in [6.07, 6.45) is 2.44. The highest BCUT2D eigenvalue weighted by molar-refractivity contribution is 6.12. The van der Waals surface area contributed by atoms with Crippen LogP contribution in [0.3, 0.4) is 0 Å². The summed E-state index contributed by atoms with van der Waals surface area (Å²) in [5.41, 5.74) is 1.98. The molecule has 2 aliphatic heterocycles. The van der Waals surface area contributed by atoms with Gasteiger partial charge in [-0.25, -0.2) is 4.98 Å². The lowest BCUT2D eigenvalue weighted by atomic mass is 10.1. The van der Waals surface area contributed by atoms with E-state index >= 15 is 0 Å². The van der Waals surface area contributed by atoms with E-state index in [1.165, 1.54) is 17.2 Å². The third-order valence-corrected chi connectivity index (χ3v) is 7.39. The lowest BCUT2D eigenvalue weighted by molar-refractivity contribution is -0.274. The van der Waals surface area contributed by atoms with Crippen LogP contribution in [-0.2, 0) is 4.79 Å². The van der Waals surface area contributed by atoms with Crippen molar-refractivity contribution in [3.63, 3.8) is 0 Å². The molecule has 3 aliphatic rings. The number of aromatic nitrogens is 2. The van der Waals surface area contributed by atoms with E-state index in [-0.39, 0.29) is 29.3 Å². The number of amides is 1. The van der Waals surface area contributed by atoms with E-state index in [0.717, 1.165) is 57.5 Å². The third kappa shape index (κ3) is 5.22. The number of benzene rings is 1. The van der Waals surface area contributed by atoms with Gasteiger partial charge in [0.05, 0.1) is 11.9 Å². The fourth-order valence-corrected chi connectivity index (χ4v) is 5.34. The van der Waals surface area contributed by atoms with Crippen LogP contribution in [-0.4, -0.2) is 73.5 Å². The summed E-state index contributed by atoms with van der Waals surface area (Å²) in [5, 5.41) is 2.97. The lowest BCUT2D eigenvalue weighted by Gasteiger charge is -2.39. The maximum atomic E-state index is 13.2. The highest BCUT2D eigenvalue weighted by atomic mass is 19.4. The molecule has 5 rings (SSSR count). The predicted molar refractivity (Wildman–Crippen MR) is 140 cm³/mol. The van der Waals surface area contributed by atoms with Crippen molar-refractivity contribution >= 4 is 34.7 Å². The first kappa shape index (κ1) is 26.1. The number of fused-ring (bicyclic) bond motifs is 1. The molecule has 0 unspecified atom stereocenters. The molecule has 1 aromatic carbocycles. The number of piperazine rings is 1. The van der Waals surface area contributed by atoms with E-state index < -0.39 is 6.36 Å². The van der Waals surface area contributed by atoms with Gasteiger partial charge in [-0.2, -0.15) is 4.98 Å². The van der Waals surface area contributed by atoms with Crippen LogP contribution in [0.1, 0.15) is 32.6 Å². The van der Waals surface area contributed by atoms with Crippen molar-refractivity contribution in [3.05, 3.63) is 36.2 Å². The van der Waals surface area contributed by atoms with Crippen LogP contribution < -0.4 is 24.8 Å². The SMILES string of the molecule is C/C=C1/C(=O)N(C)c2cnc(Nc3cc(N4CCN(C)CC4)ccc3OC(F)(F)F)nc2N1C1CCCC1. The van der Waals surface area contributed by atoms with Gasteiger partial charge in [0.1, 0.15) is 11.4 Å². The number of rotatable bonds is 5. The number of nitrogens with zero attached hydrogens (tertiary/aromatic N) is 6. The van der Waals surface area contributed by atoms with Crippen LogP contribution in [0.25, 0.3) is 0 Å². The summed E-state index contributed by atoms with van der Waals surface area (Å²) in [6, 6.07) is 4.70. The van der Waals surface area contributed by atoms with Crippen molar-refractivity contribution in [1.29, 1.82) is 0 Å². The summed E-state index contributed by atoms with van der Waals surface area (Å²) in [4.78, 5) is 29.9. The van der Waals surface area contributed by atoms with E-state index in [1.807, 2.05) is 18.9 Å². The first-order chi connectivity index (χ1) is 18.1. The molecule has 1 aliphatic carbocycles. The standard InChI is InChI=1S/C26H32F3N7O2/c1-4-20-24(37)34(3)21-16-30-25(32-23(21)36(20)17-7-5-6-8-17)31-19-15-18(35-13-11-33(2)12-14-35)9-10-22(19)38-26(27,28)29/h4,9-10,15-17H,5-8,11-14H2,1-3H3,(H,30,31,32)/b20-4-. The predicted octanol–water partition coefficient (Wildman–Crippen LogP) is 4.50. The Kier molecular flexibility index (Phi) is 7.08. The summed E-state index contributed by atoms with van der Waals surface area (Å²) >= 11 is 0. The number of hydrogen-bond acceptors (Lipinski definition) is 8. The Morgan fingerprint density at radius 2 is 1.82 bits per heavy atom. The topological polar surface area (TPSA) is 77.1 Å². The molecule has 204 valence electrons. The Morgan fingerprint density at radius 3 is 2.47 bits per heavy atom. The average molecular weight is 532 g/mol. The Bertz CT molecular complexity index is 1220. The molecule has 9 nitrogen and oxygen atoms in total. The van der Waals surface area contributed by atoms with E-state index in [4.69, 9.17) is 4.98 Å². The van der Waals surface area contributed by atoms with E-state index in [0.29, 0.717) is 17.2 Å². The summed E-state index contributed by atoms with van der Waals surface area (Å²) in [7, 11) is 3.71. The fourth-order valence-electron chi connectivity index (χ4n) is 5.34. The molecule has 0 radical (unpaired) electrons.